The standard InChI is InChI=1S/C17H19ClN2O5S/c1-2-19(11-7-9-26(24,25)10-11)14(21)6-8-20-16(22)12-4-3-5-13(18)15(12)17(20)23/h3-5,11H,2,6-10H2,1H3. The van der Waals surface area contributed by atoms with Crippen LogP contribution < -0.4 is 0 Å². The lowest BCUT2D eigenvalue weighted by Crippen LogP contribution is -2.43. The van der Waals surface area contributed by atoms with Crippen molar-refractivity contribution >= 4 is 39.2 Å². The number of rotatable bonds is 5. The highest BCUT2D eigenvalue weighted by Gasteiger charge is 2.38. The van der Waals surface area contributed by atoms with Gasteiger partial charge < -0.3 is 4.90 Å². The fourth-order valence-corrected chi connectivity index (χ4v) is 5.49. The van der Waals surface area contributed by atoms with Crippen molar-refractivity contribution in [1.82, 2.24) is 9.80 Å². The van der Waals surface area contributed by atoms with Gasteiger partial charge in [-0.15, -0.1) is 0 Å². The Morgan fingerprint density at radius 2 is 2.04 bits per heavy atom. The number of imide groups is 1. The van der Waals surface area contributed by atoms with Gasteiger partial charge in [-0.25, -0.2) is 8.42 Å². The summed E-state index contributed by atoms with van der Waals surface area (Å²) in [6.07, 6.45) is 0.373. The Morgan fingerprint density at radius 1 is 1.31 bits per heavy atom. The largest absolute Gasteiger partial charge is 0.339 e. The van der Waals surface area contributed by atoms with E-state index in [9.17, 15) is 22.8 Å². The second-order valence-electron chi connectivity index (χ2n) is 6.41. The molecule has 1 fully saturated rings. The van der Waals surface area contributed by atoms with Gasteiger partial charge in [0.15, 0.2) is 9.84 Å². The molecule has 7 nitrogen and oxygen atoms in total. The molecular weight excluding hydrogens is 380 g/mol. The monoisotopic (exact) mass is 398 g/mol. The van der Waals surface area contributed by atoms with Gasteiger partial charge in [0.2, 0.25) is 5.91 Å². The zero-order valence-corrected chi connectivity index (χ0v) is 15.8. The third-order valence-corrected chi connectivity index (χ3v) is 6.87. The molecule has 3 rings (SSSR count). The maximum Gasteiger partial charge on any atom is 0.263 e. The van der Waals surface area contributed by atoms with Crippen LogP contribution in [0.5, 0.6) is 0 Å². The summed E-state index contributed by atoms with van der Waals surface area (Å²) in [5, 5.41) is 0.209. The van der Waals surface area contributed by atoms with Crippen LogP contribution in [0.4, 0.5) is 0 Å². The fourth-order valence-electron chi connectivity index (χ4n) is 3.51. The van der Waals surface area contributed by atoms with Gasteiger partial charge in [0.05, 0.1) is 27.7 Å². The van der Waals surface area contributed by atoms with Gasteiger partial charge in [-0.05, 0) is 25.5 Å². The highest BCUT2D eigenvalue weighted by molar-refractivity contribution is 7.91. The first-order chi connectivity index (χ1) is 12.2. The molecule has 2 aliphatic heterocycles. The van der Waals surface area contributed by atoms with Crippen molar-refractivity contribution < 1.29 is 22.8 Å². The summed E-state index contributed by atoms with van der Waals surface area (Å²) in [4.78, 5) is 39.9. The first kappa shape index (κ1) is 18.8. The molecule has 0 aliphatic carbocycles. The van der Waals surface area contributed by atoms with E-state index in [4.69, 9.17) is 11.6 Å². The van der Waals surface area contributed by atoms with Crippen molar-refractivity contribution in [2.24, 2.45) is 0 Å². The SMILES string of the molecule is CCN(C(=O)CCN1C(=O)c2cccc(Cl)c2C1=O)C1CCS(=O)(=O)C1. The lowest BCUT2D eigenvalue weighted by Gasteiger charge is -2.27. The number of carbonyl (C=O) groups is 3. The van der Waals surface area contributed by atoms with E-state index < -0.39 is 21.7 Å². The van der Waals surface area contributed by atoms with Crippen LogP contribution in [0, 0.1) is 0 Å². The van der Waals surface area contributed by atoms with Crippen LogP contribution >= 0.6 is 11.6 Å². The smallest absolute Gasteiger partial charge is 0.263 e. The molecule has 0 saturated carbocycles. The topological polar surface area (TPSA) is 91.8 Å². The molecule has 26 heavy (non-hydrogen) atoms. The first-order valence-electron chi connectivity index (χ1n) is 8.39. The Bertz CT molecular complexity index is 883. The highest BCUT2D eigenvalue weighted by Crippen LogP contribution is 2.29. The molecule has 140 valence electrons. The summed E-state index contributed by atoms with van der Waals surface area (Å²) in [7, 11) is -3.10. The number of benzene rings is 1. The Labute approximate surface area is 156 Å². The Hall–Kier alpha value is -1.93. The van der Waals surface area contributed by atoms with E-state index in [-0.39, 0.29) is 52.6 Å². The lowest BCUT2D eigenvalue weighted by atomic mass is 10.1. The van der Waals surface area contributed by atoms with E-state index in [1.54, 1.807) is 19.1 Å². The molecule has 1 aromatic rings. The summed E-state index contributed by atoms with van der Waals surface area (Å²) in [6, 6.07) is 4.33. The number of carbonyl (C=O) groups excluding carboxylic acids is 3. The predicted molar refractivity (Wildman–Crippen MR) is 95.9 cm³/mol. The molecule has 1 aromatic carbocycles. The van der Waals surface area contributed by atoms with E-state index in [1.807, 2.05) is 0 Å². The van der Waals surface area contributed by atoms with Gasteiger partial charge >= 0.3 is 0 Å². The van der Waals surface area contributed by atoms with Gasteiger partial charge in [0, 0.05) is 25.6 Å². The number of nitrogens with zero attached hydrogens (tertiary/aromatic N) is 2. The number of sulfone groups is 1. The minimum atomic E-state index is -3.10. The van der Waals surface area contributed by atoms with E-state index in [0.29, 0.717) is 13.0 Å². The second-order valence-corrected chi connectivity index (χ2v) is 9.05. The number of halogens is 1. The Balaban J connectivity index is 1.67. The van der Waals surface area contributed by atoms with Crippen molar-refractivity contribution in [3.05, 3.63) is 34.3 Å². The van der Waals surface area contributed by atoms with Gasteiger partial charge in [-0.1, -0.05) is 17.7 Å². The average molecular weight is 399 g/mol. The molecule has 2 heterocycles. The fraction of sp³-hybridized carbons (Fsp3) is 0.471. The van der Waals surface area contributed by atoms with Crippen molar-refractivity contribution in [2.45, 2.75) is 25.8 Å². The van der Waals surface area contributed by atoms with Crippen molar-refractivity contribution in [2.75, 3.05) is 24.6 Å². The number of fused-ring (bicyclic) bond motifs is 1. The zero-order chi connectivity index (χ0) is 19.1. The minimum Gasteiger partial charge on any atom is -0.339 e. The third kappa shape index (κ3) is 3.35. The van der Waals surface area contributed by atoms with Crippen LogP contribution in [-0.2, 0) is 14.6 Å². The van der Waals surface area contributed by atoms with Crippen LogP contribution in [0.15, 0.2) is 18.2 Å². The Kier molecular flexibility index (Phi) is 5.07. The lowest BCUT2D eigenvalue weighted by molar-refractivity contribution is -0.132. The van der Waals surface area contributed by atoms with Crippen molar-refractivity contribution in [3.8, 4) is 0 Å². The molecule has 0 spiro atoms. The van der Waals surface area contributed by atoms with Crippen LogP contribution in [0.3, 0.4) is 0 Å². The molecular formula is C17H19ClN2O5S. The molecule has 0 bridgehead atoms. The molecule has 1 saturated heterocycles. The number of hydrogen-bond acceptors (Lipinski definition) is 5. The summed E-state index contributed by atoms with van der Waals surface area (Å²) in [6.45, 7) is 2.11. The molecule has 0 N–H and O–H groups in total. The van der Waals surface area contributed by atoms with Crippen molar-refractivity contribution in [3.63, 3.8) is 0 Å². The molecule has 1 atom stereocenters. The van der Waals surface area contributed by atoms with Gasteiger partial charge in [-0.3, -0.25) is 19.3 Å². The van der Waals surface area contributed by atoms with E-state index in [0.717, 1.165) is 4.90 Å². The molecule has 0 aromatic heterocycles. The van der Waals surface area contributed by atoms with E-state index in [2.05, 4.69) is 0 Å². The average Bonchev–Trinajstić information content (AvgIpc) is 3.05. The van der Waals surface area contributed by atoms with E-state index in [1.165, 1.54) is 11.0 Å². The first-order valence-corrected chi connectivity index (χ1v) is 10.6. The van der Waals surface area contributed by atoms with Gasteiger partial charge in [0.25, 0.3) is 11.8 Å². The van der Waals surface area contributed by atoms with Crippen LogP contribution in [-0.4, -0.2) is 66.6 Å². The van der Waals surface area contributed by atoms with Crippen LogP contribution in [0.25, 0.3) is 0 Å². The predicted octanol–water partition coefficient (Wildman–Crippen LogP) is 1.36. The van der Waals surface area contributed by atoms with Crippen LogP contribution in [0.1, 0.15) is 40.5 Å². The molecule has 2 aliphatic rings. The van der Waals surface area contributed by atoms with Gasteiger partial charge in [0.1, 0.15) is 0 Å². The molecule has 3 amide bonds. The summed E-state index contributed by atoms with van der Waals surface area (Å²) >= 11 is 6.01. The Morgan fingerprint density at radius 3 is 2.62 bits per heavy atom. The quantitative estimate of drug-likeness (QED) is 0.698. The number of amides is 3. The second kappa shape index (κ2) is 7.00. The van der Waals surface area contributed by atoms with Crippen LogP contribution in [0.2, 0.25) is 5.02 Å². The highest BCUT2D eigenvalue weighted by atomic mass is 35.5. The maximum atomic E-state index is 12.5. The molecule has 1 unspecified atom stereocenters. The summed E-state index contributed by atoms with van der Waals surface area (Å²) in [5.41, 5.74) is 0.407. The summed E-state index contributed by atoms with van der Waals surface area (Å²) < 4.78 is 23.3. The zero-order valence-electron chi connectivity index (χ0n) is 14.3. The third-order valence-electron chi connectivity index (χ3n) is 4.81. The molecule has 0 radical (unpaired) electrons. The number of hydrogen-bond donors (Lipinski definition) is 0. The molecule has 9 heteroatoms. The van der Waals surface area contributed by atoms with Crippen molar-refractivity contribution in [1.29, 1.82) is 0 Å². The normalized spacial score (nSPS) is 21.2. The minimum absolute atomic E-state index is 0.0325. The van der Waals surface area contributed by atoms with E-state index >= 15 is 0 Å². The summed E-state index contributed by atoms with van der Waals surface area (Å²) in [5.74, 6) is -1.19. The maximum absolute atomic E-state index is 12.5. The van der Waals surface area contributed by atoms with Gasteiger partial charge in [-0.2, -0.15) is 0 Å².